The maximum Gasteiger partial charge on any atom is 0.246 e. The quantitative estimate of drug-likeness (QED) is 0.786. The Morgan fingerprint density at radius 1 is 1.19 bits per heavy atom. The molecule has 2 rings (SSSR count). The van der Waals surface area contributed by atoms with Gasteiger partial charge >= 0.3 is 0 Å². The molecule has 1 aliphatic heterocycles. The zero-order valence-electron chi connectivity index (χ0n) is 12.3. The summed E-state index contributed by atoms with van der Waals surface area (Å²) in [5.74, 6) is -0.0790. The van der Waals surface area contributed by atoms with Crippen molar-refractivity contribution in [2.45, 2.75) is 6.92 Å². The van der Waals surface area contributed by atoms with Gasteiger partial charge in [-0.05, 0) is 18.6 Å². The lowest BCUT2D eigenvalue weighted by Crippen LogP contribution is -2.49. The van der Waals surface area contributed by atoms with Gasteiger partial charge in [0, 0.05) is 32.3 Å². The van der Waals surface area contributed by atoms with Gasteiger partial charge in [0.2, 0.25) is 15.9 Å². The fourth-order valence-electron chi connectivity index (χ4n) is 2.29. The van der Waals surface area contributed by atoms with Crippen molar-refractivity contribution in [2.24, 2.45) is 0 Å². The first-order chi connectivity index (χ1) is 9.86. The van der Waals surface area contributed by atoms with E-state index in [0.717, 1.165) is 11.1 Å². The summed E-state index contributed by atoms with van der Waals surface area (Å²) < 4.78 is 24.2. The SMILES string of the molecule is Cc1cccc(/C=C/C(=O)N2CCN(S(C)(=O)=O)CC2)c1. The Labute approximate surface area is 125 Å². The van der Waals surface area contributed by atoms with E-state index >= 15 is 0 Å². The average Bonchev–Trinajstić information content (AvgIpc) is 2.44. The van der Waals surface area contributed by atoms with Gasteiger partial charge in [0.15, 0.2) is 0 Å². The van der Waals surface area contributed by atoms with E-state index in [9.17, 15) is 13.2 Å². The molecular formula is C15H20N2O3S. The van der Waals surface area contributed by atoms with Gasteiger partial charge in [-0.2, -0.15) is 4.31 Å². The van der Waals surface area contributed by atoms with Crippen molar-refractivity contribution < 1.29 is 13.2 Å². The number of carbonyl (C=O) groups excluding carboxylic acids is 1. The third kappa shape index (κ3) is 4.41. The molecule has 0 aromatic heterocycles. The van der Waals surface area contributed by atoms with E-state index < -0.39 is 10.0 Å². The summed E-state index contributed by atoms with van der Waals surface area (Å²) in [5.41, 5.74) is 2.13. The molecule has 1 heterocycles. The summed E-state index contributed by atoms with van der Waals surface area (Å²) in [5, 5.41) is 0. The molecule has 0 bridgehead atoms. The van der Waals surface area contributed by atoms with Crippen LogP contribution in [0.4, 0.5) is 0 Å². The molecular weight excluding hydrogens is 288 g/mol. The molecule has 0 unspecified atom stereocenters. The van der Waals surface area contributed by atoms with E-state index in [2.05, 4.69) is 0 Å². The molecule has 21 heavy (non-hydrogen) atoms. The first-order valence-electron chi connectivity index (χ1n) is 6.85. The van der Waals surface area contributed by atoms with Crippen molar-refractivity contribution in [1.29, 1.82) is 0 Å². The largest absolute Gasteiger partial charge is 0.337 e. The highest BCUT2D eigenvalue weighted by atomic mass is 32.2. The van der Waals surface area contributed by atoms with Crippen LogP contribution in [0.1, 0.15) is 11.1 Å². The van der Waals surface area contributed by atoms with Gasteiger partial charge in [0.05, 0.1) is 6.26 Å². The molecule has 1 amide bonds. The highest BCUT2D eigenvalue weighted by molar-refractivity contribution is 7.88. The zero-order chi connectivity index (χ0) is 15.5. The number of aryl methyl sites for hydroxylation is 1. The minimum absolute atomic E-state index is 0.0790. The van der Waals surface area contributed by atoms with Crippen LogP contribution in [0.15, 0.2) is 30.3 Å². The Hall–Kier alpha value is -1.66. The first kappa shape index (κ1) is 15.7. The molecule has 1 saturated heterocycles. The molecule has 0 spiro atoms. The topological polar surface area (TPSA) is 57.7 Å². The van der Waals surface area contributed by atoms with Crippen molar-refractivity contribution in [3.05, 3.63) is 41.5 Å². The molecule has 0 aliphatic carbocycles. The van der Waals surface area contributed by atoms with Crippen molar-refractivity contribution >= 4 is 22.0 Å². The number of hydrogen-bond donors (Lipinski definition) is 0. The van der Waals surface area contributed by atoms with E-state index in [4.69, 9.17) is 0 Å². The lowest BCUT2D eigenvalue weighted by molar-refractivity contribution is -0.127. The van der Waals surface area contributed by atoms with Gasteiger partial charge in [-0.1, -0.05) is 29.8 Å². The molecule has 6 heteroatoms. The molecule has 1 aromatic rings. The number of sulfonamides is 1. The van der Waals surface area contributed by atoms with Crippen LogP contribution in [0, 0.1) is 6.92 Å². The van der Waals surface area contributed by atoms with Crippen LogP contribution in [0.3, 0.4) is 0 Å². The molecule has 5 nitrogen and oxygen atoms in total. The number of piperazine rings is 1. The molecule has 1 aliphatic rings. The lowest BCUT2D eigenvalue weighted by atomic mass is 10.1. The maximum atomic E-state index is 12.1. The Balaban J connectivity index is 1.93. The van der Waals surface area contributed by atoms with Gasteiger partial charge < -0.3 is 4.90 Å². The Bertz CT molecular complexity index is 645. The van der Waals surface area contributed by atoms with Crippen LogP contribution < -0.4 is 0 Å². The van der Waals surface area contributed by atoms with E-state index in [0.29, 0.717) is 26.2 Å². The van der Waals surface area contributed by atoms with Crippen LogP contribution >= 0.6 is 0 Å². The van der Waals surface area contributed by atoms with E-state index in [1.807, 2.05) is 31.2 Å². The fraction of sp³-hybridized carbons (Fsp3) is 0.400. The summed E-state index contributed by atoms with van der Waals surface area (Å²) in [6, 6.07) is 7.90. The Morgan fingerprint density at radius 2 is 1.86 bits per heavy atom. The molecule has 0 atom stereocenters. The number of amides is 1. The molecule has 1 fully saturated rings. The smallest absolute Gasteiger partial charge is 0.246 e. The molecule has 0 N–H and O–H groups in total. The highest BCUT2D eigenvalue weighted by Gasteiger charge is 2.24. The number of carbonyl (C=O) groups is 1. The first-order valence-corrected chi connectivity index (χ1v) is 8.70. The maximum absolute atomic E-state index is 12.1. The minimum Gasteiger partial charge on any atom is -0.337 e. The summed E-state index contributed by atoms with van der Waals surface area (Å²) in [6.07, 6.45) is 4.53. The van der Waals surface area contributed by atoms with Gasteiger partial charge in [0.25, 0.3) is 0 Å². The van der Waals surface area contributed by atoms with Crippen molar-refractivity contribution in [3.8, 4) is 0 Å². The molecule has 114 valence electrons. The Morgan fingerprint density at radius 3 is 2.43 bits per heavy atom. The fourth-order valence-corrected chi connectivity index (χ4v) is 3.11. The summed E-state index contributed by atoms with van der Waals surface area (Å²) >= 11 is 0. The summed E-state index contributed by atoms with van der Waals surface area (Å²) in [6.45, 7) is 3.60. The third-order valence-electron chi connectivity index (χ3n) is 3.48. The molecule has 0 saturated carbocycles. The summed E-state index contributed by atoms with van der Waals surface area (Å²) in [4.78, 5) is 13.8. The predicted molar refractivity (Wildman–Crippen MR) is 83.2 cm³/mol. The minimum atomic E-state index is -3.16. The van der Waals surface area contributed by atoms with Gasteiger partial charge in [0.1, 0.15) is 0 Å². The normalized spacial score (nSPS) is 17.3. The van der Waals surface area contributed by atoms with Crippen molar-refractivity contribution in [3.63, 3.8) is 0 Å². The molecule has 0 radical (unpaired) electrons. The van der Waals surface area contributed by atoms with E-state index in [-0.39, 0.29) is 5.91 Å². The van der Waals surface area contributed by atoms with E-state index in [1.165, 1.54) is 10.6 Å². The van der Waals surface area contributed by atoms with Crippen LogP contribution in [-0.4, -0.2) is 56.0 Å². The second-order valence-corrected chi connectivity index (χ2v) is 7.22. The number of nitrogens with zero attached hydrogens (tertiary/aromatic N) is 2. The second kappa shape index (κ2) is 6.41. The van der Waals surface area contributed by atoms with Crippen molar-refractivity contribution in [2.75, 3.05) is 32.4 Å². The number of rotatable bonds is 3. The highest BCUT2D eigenvalue weighted by Crippen LogP contribution is 2.09. The third-order valence-corrected chi connectivity index (χ3v) is 4.78. The number of hydrogen-bond acceptors (Lipinski definition) is 3. The van der Waals surface area contributed by atoms with E-state index in [1.54, 1.807) is 17.1 Å². The summed E-state index contributed by atoms with van der Waals surface area (Å²) in [7, 11) is -3.16. The van der Waals surface area contributed by atoms with Gasteiger partial charge in [-0.3, -0.25) is 4.79 Å². The van der Waals surface area contributed by atoms with Crippen LogP contribution in [0.2, 0.25) is 0 Å². The monoisotopic (exact) mass is 308 g/mol. The predicted octanol–water partition coefficient (Wildman–Crippen LogP) is 1.11. The van der Waals surface area contributed by atoms with Gasteiger partial charge in [-0.15, -0.1) is 0 Å². The molecule has 1 aromatic carbocycles. The van der Waals surface area contributed by atoms with Crippen molar-refractivity contribution in [1.82, 2.24) is 9.21 Å². The van der Waals surface area contributed by atoms with Crippen LogP contribution in [0.25, 0.3) is 6.08 Å². The van der Waals surface area contributed by atoms with Crippen LogP contribution in [-0.2, 0) is 14.8 Å². The zero-order valence-corrected chi connectivity index (χ0v) is 13.1. The standard InChI is InChI=1S/C15H20N2O3S/c1-13-4-3-5-14(12-13)6-7-15(18)16-8-10-17(11-9-16)21(2,19)20/h3-7,12H,8-11H2,1-2H3/b7-6+. The van der Waals surface area contributed by atoms with Crippen LogP contribution in [0.5, 0.6) is 0 Å². The number of benzene rings is 1. The lowest BCUT2D eigenvalue weighted by Gasteiger charge is -2.32. The average molecular weight is 308 g/mol. The van der Waals surface area contributed by atoms with Gasteiger partial charge in [-0.25, -0.2) is 8.42 Å². The second-order valence-electron chi connectivity index (χ2n) is 5.23. The Kier molecular flexibility index (Phi) is 4.80.